The number of hydrogen-bond donors (Lipinski definition) is 1. The highest BCUT2D eigenvalue weighted by Crippen LogP contribution is 2.30. The molecule has 3 nitrogen and oxygen atoms in total. The first-order valence-corrected chi connectivity index (χ1v) is 7.28. The van der Waals surface area contributed by atoms with Crippen molar-refractivity contribution < 1.29 is 35.9 Å². The van der Waals surface area contributed by atoms with Crippen LogP contribution in [0.3, 0.4) is 0 Å². The number of nitrogens with one attached hydrogen (secondary N) is 1. The standard InChI is InChI=1S/C17H13F6NO2/c18-16(19,20)12-3-1-11(2-4-12)9-24-15(25)10-26-14-7-5-13(6-8-14)17(21,22)23/h1-8H,9-10H2,(H,24,25). The molecule has 0 bridgehead atoms. The summed E-state index contributed by atoms with van der Waals surface area (Å²) in [5.41, 5.74) is -1.17. The highest BCUT2D eigenvalue weighted by molar-refractivity contribution is 5.77. The van der Waals surface area contributed by atoms with Gasteiger partial charge in [-0.3, -0.25) is 4.79 Å². The van der Waals surface area contributed by atoms with Crippen molar-refractivity contribution in [1.82, 2.24) is 5.32 Å². The largest absolute Gasteiger partial charge is 0.484 e. The molecule has 0 heterocycles. The number of halogens is 6. The average molecular weight is 377 g/mol. The molecule has 0 aliphatic heterocycles. The highest BCUT2D eigenvalue weighted by Gasteiger charge is 2.30. The van der Waals surface area contributed by atoms with E-state index >= 15 is 0 Å². The summed E-state index contributed by atoms with van der Waals surface area (Å²) in [6.45, 7) is -0.445. The highest BCUT2D eigenvalue weighted by atomic mass is 19.4. The third kappa shape index (κ3) is 5.68. The lowest BCUT2D eigenvalue weighted by Gasteiger charge is -2.10. The fraction of sp³-hybridized carbons (Fsp3) is 0.235. The molecule has 0 saturated carbocycles. The smallest absolute Gasteiger partial charge is 0.416 e. The molecule has 0 saturated heterocycles. The van der Waals surface area contributed by atoms with Crippen LogP contribution in [0.2, 0.25) is 0 Å². The van der Waals surface area contributed by atoms with Crippen molar-refractivity contribution in [3.63, 3.8) is 0 Å². The molecule has 0 aliphatic rings. The molecular formula is C17H13F6NO2. The number of hydrogen-bond acceptors (Lipinski definition) is 2. The first kappa shape index (κ1) is 19.6. The predicted molar refractivity (Wildman–Crippen MR) is 80.2 cm³/mol. The number of amides is 1. The van der Waals surface area contributed by atoms with Gasteiger partial charge in [-0.2, -0.15) is 26.3 Å². The molecule has 0 aliphatic carbocycles. The molecule has 2 aromatic carbocycles. The van der Waals surface area contributed by atoms with E-state index in [1.54, 1.807) is 0 Å². The molecule has 0 atom stereocenters. The summed E-state index contributed by atoms with van der Waals surface area (Å²) in [7, 11) is 0. The third-order valence-electron chi connectivity index (χ3n) is 3.32. The van der Waals surface area contributed by atoms with E-state index in [0.717, 1.165) is 36.4 Å². The Hall–Kier alpha value is -2.71. The minimum absolute atomic E-state index is 0.00661. The van der Waals surface area contributed by atoms with Crippen molar-refractivity contribution in [2.45, 2.75) is 18.9 Å². The third-order valence-corrected chi connectivity index (χ3v) is 3.32. The summed E-state index contributed by atoms with van der Waals surface area (Å²) in [6.07, 6.45) is -8.89. The lowest BCUT2D eigenvalue weighted by atomic mass is 10.1. The maximum atomic E-state index is 12.4. The minimum Gasteiger partial charge on any atom is -0.484 e. The number of carbonyl (C=O) groups excluding carboxylic acids is 1. The van der Waals surface area contributed by atoms with E-state index in [0.29, 0.717) is 5.56 Å². The van der Waals surface area contributed by atoms with Crippen molar-refractivity contribution in [3.05, 3.63) is 65.2 Å². The number of rotatable bonds is 5. The van der Waals surface area contributed by atoms with E-state index < -0.39 is 36.0 Å². The van der Waals surface area contributed by atoms with E-state index in [9.17, 15) is 31.1 Å². The first-order valence-electron chi connectivity index (χ1n) is 7.28. The molecule has 1 amide bonds. The predicted octanol–water partition coefficient (Wildman–Crippen LogP) is 4.42. The van der Waals surface area contributed by atoms with Crippen LogP contribution in [0, 0.1) is 0 Å². The number of ether oxygens (including phenoxy) is 1. The molecule has 0 fully saturated rings. The zero-order chi connectivity index (χ0) is 19.4. The van der Waals surface area contributed by atoms with Gasteiger partial charge in [0.25, 0.3) is 5.91 Å². The number of benzene rings is 2. The van der Waals surface area contributed by atoms with Gasteiger partial charge in [-0.1, -0.05) is 12.1 Å². The van der Waals surface area contributed by atoms with Gasteiger partial charge >= 0.3 is 12.4 Å². The second kappa shape index (κ2) is 7.67. The molecule has 140 valence electrons. The molecular weight excluding hydrogens is 364 g/mol. The molecule has 26 heavy (non-hydrogen) atoms. The van der Waals surface area contributed by atoms with Crippen molar-refractivity contribution in [1.29, 1.82) is 0 Å². The first-order chi connectivity index (χ1) is 12.1. The second-order valence-corrected chi connectivity index (χ2v) is 5.28. The zero-order valence-corrected chi connectivity index (χ0v) is 13.1. The van der Waals surface area contributed by atoms with Crippen LogP contribution in [0.1, 0.15) is 16.7 Å². The normalized spacial score (nSPS) is 11.9. The van der Waals surface area contributed by atoms with E-state index in [1.165, 1.54) is 12.1 Å². The van der Waals surface area contributed by atoms with Gasteiger partial charge in [0.05, 0.1) is 11.1 Å². The quantitative estimate of drug-likeness (QED) is 0.784. The van der Waals surface area contributed by atoms with Gasteiger partial charge in [0.1, 0.15) is 5.75 Å². The van der Waals surface area contributed by atoms with Crippen LogP contribution in [0.25, 0.3) is 0 Å². The van der Waals surface area contributed by atoms with Gasteiger partial charge in [-0.15, -0.1) is 0 Å². The van der Waals surface area contributed by atoms with Crippen molar-refractivity contribution in [2.75, 3.05) is 6.61 Å². The SMILES string of the molecule is O=C(COc1ccc(C(F)(F)F)cc1)NCc1ccc(C(F)(F)F)cc1. The molecule has 1 N–H and O–H groups in total. The average Bonchev–Trinajstić information content (AvgIpc) is 2.57. The van der Waals surface area contributed by atoms with Crippen molar-refractivity contribution in [3.8, 4) is 5.75 Å². The molecule has 0 unspecified atom stereocenters. The van der Waals surface area contributed by atoms with Gasteiger partial charge in [-0.05, 0) is 42.0 Å². The molecule has 0 radical (unpaired) electrons. The molecule has 0 aromatic heterocycles. The van der Waals surface area contributed by atoms with Crippen LogP contribution >= 0.6 is 0 Å². The molecule has 2 aromatic rings. The summed E-state index contributed by atoms with van der Waals surface area (Å²) in [4.78, 5) is 11.6. The second-order valence-electron chi connectivity index (χ2n) is 5.28. The van der Waals surface area contributed by atoms with Crippen LogP contribution in [0.5, 0.6) is 5.75 Å². The molecule has 0 spiro atoms. The maximum Gasteiger partial charge on any atom is 0.416 e. The van der Waals surface area contributed by atoms with Gasteiger partial charge in [0.15, 0.2) is 6.61 Å². The zero-order valence-electron chi connectivity index (χ0n) is 13.1. The summed E-state index contributed by atoms with van der Waals surface area (Å²) >= 11 is 0. The monoisotopic (exact) mass is 377 g/mol. The lowest BCUT2D eigenvalue weighted by Crippen LogP contribution is -2.28. The summed E-state index contributed by atoms with van der Waals surface area (Å²) < 4.78 is 79.6. The van der Waals surface area contributed by atoms with Gasteiger partial charge < -0.3 is 10.1 Å². The fourth-order valence-corrected chi connectivity index (χ4v) is 1.95. The fourth-order valence-electron chi connectivity index (χ4n) is 1.95. The number of carbonyl (C=O) groups is 1. The van der Waals surface area contributed by atoms with Gasteiger partial charge in [0, 0.05) is 6.54 Å². The molecule has 2 rings (SSSR count). The Balaban J connectivity index is 1.80. The topological polar surface area (TPSA) is 38.3 Å². The van der Waals surface area contributed by atoms with Crippen LogP contribution in [0.15, 0.2) is 48.5 Å². The number of alkyl halides is 6. The Morgan fingerprint density at radius 3 is 1.73 bits per heavy atom. The Labute approximate surface area is 144 Å². The van der Waals surface area contributed by atoms with Gasteiger partial charge in [0.2, 0.25) is 0 Å². The Morgan fingerprint density at radius 1 is 0.808 bits per heavy atom. The summed E-state index contributed by atoms with van der Waals surface area (Å²) in [5, 5.41) is 2.44. The van der Waals surface area contributed by atoms with E-state index in [1.807, 2.05) is 0 Å². The molecule has 9 heteroatoms. The van der Waals surface area contributed by atoms with Crippen LogP contribution in [-0.4, -0.2) is 12.5 Å². The Bertz CT molecular complexity index is 672. The summed E-state index contributed by atoms with van der Waals surface area (Å²) in [5.74, 6) is -0.479. The van der Waals surface area contributed by atoms with E-state index in [2.05, 4.69) is 5.32 Å². The van der Waals surface area contributed by atoms with E-state index in [4.69, 9.17) is 4.74 Å². The van der Waals surface area contributed by atoms with Gasteiger partial charge in [-0.25, -0.2) is 0 Å². The maximum absolute atomic E-state index is 12.4. The van der Waals surface area contributed by atoms with Crippen molar-refractivity contribution >= 4 is 5.91 Å². The van der Waals surface area contributed by atoms with Crippen LogP contribution in [-0.2, 0) is 23.7 Å². The lowest BCUT2D eigenvalue weighted by molar-refractivity contribution is -0.138. The Kier molecular flexibility index (Phi) is 5.79. The minimum atomic E-state index is -4.46. The van der Waals surface area contributed by atoms with E-state index in [-0.39, 0.29) is 12.3 Å². The van der Waals surface area contributed by atoms with Crippen LogP contribution in [0.4, 0.5) is 26.3 Å². The summed E-state index contributed by atoms with van der Waals surface area (Å²) in [6, 6.07) is 8.11. The van der Waals surface area contributed by atoms with Crippen LogP contribution < -0.4 is 10.1 Å². The van der Waals surface area contributed by atoms with Crippen molar-refractivity contribution in [2.24, 2.45) is 0 Å². The Morgan fingerprint density at radius 2 is 1.27 bits per heavy atom.